The quantitative estimate of drug-likeness (QED) is 0.777. The monoisotopic (exact) mass is 281 g/mol. The fraction of sp³-hybridized carbons (Fsp3) is 0.733. The molecule has 0 spiro atoms. The third-order valence-corrected chi connectivity index (χ3v) is 4.25. The highest BCUT2D eigenvalue weighted by Gasteiger charge is 2.28. The van der Waals surface area contributed by atoms with Crippen LogP contribution in [0.1, 0.15) is 63.8 Å². The average Bonchev–Trinajstić information content (AvgIpc) is 3.18. The first kappa shape index (κ1) is 14.6. The SMILES string of the molecule is CCC(C)CC(C)Nc1nc(C2CC2)nc(Cl)c1C. The molecule has 4 heteroatoms. The fourth-order valence-electron chi connectivity index (χ4n) is 2.23. The maximum Gasteiger partial charge on any atom is 0.137 e. The number of halogens is 1. The van der Waals surface area contributed by atoms with Gasteiger partial charge in [-0.1, -0.05) is 31.9 Å². The van der Waals surface area contributed by atoms with E-state index in [4.69, 9.17) is 11.6 Å². The zero-order chi connectivity index (χ0) is 14.0. The molecule has 19 heavy (non-hydrogen) atoms. The lowest BCUT2D eigenvalue weighted by molar-refractivity contribution is 0.483. The van der Waals surface area contributed by atoms with Crippen molar-refractivity contribution in [1.29, 1.82) is 0 Å². The fourth-order valence-corrected chi connectivity index (χ4v) is 2.41. The first-order valence-electron chi connectivity index (χ1n) is 7.31. The van der Waals surface area contributed by atoms with Gasteiger partial charge in [-0.05, 0) is 39.0 Å². The Morgan fingerprint density at radius 2 is 2.00 bits per heavy atom. The molecule has 106 valence electrons. The van der Waals surface area contributed by atoms with Crippen molar-refractivity contribution in [2.75, 3.05) is 5.32 Å². The molecule has 1 aliphatic carbocycles. The summed E-state index contributed by atoms with van der Waals surface area (Å²) >= 11 is 6.22. The van der Waals surface area contributed by atoms with Gasteiger partial charge in [0.25, 0.3) is 0 Å². The van der Waals surface area contributed by atoms with Gasteiger partial charge in [-0.3, -0.25) is 0 Å². The summed E-state index contributed by atoms with van der Waals surface area (Å²) in [5, 5.41) is 4.10. The summed E-state index contributed by atoms with van der Waals surface area (Å²) in [4.78, 5) is 9.06. The van der Waals surface area contributed by atoms with E-state index in [0.29, 0.717) is 17.1 Å². The average molecular weight is 282 g/mol. The van der Waals surface area contributed by atoms with Crippen LogP contribution >= 0.6 is 11.6 Å². The molecule has 1 aromatic rings. The van der Waals surface area contributed by atoms with Crippen molar-refractivity contribution < 1.29 is 0 Å². The van der Waals surface area contributed by atoms with Crippen molar-refractivity contribution in [2.45, 2.75) is 65.3 Å². The molecular weight excluding hydrogens is 258 g/mol. The van der Waals surface area contributed by atoms with Gasteiger partial charge in [-0.15, -0.1) is 0 Å². The molecule has 0 radical (unpaired) electrons. The lowest BCUT2D eigenvalue weighted by atomic mass is 10.0. The minimum atomic E-state index is 0.409. The van der Waals surface area contributed by atoms with Crippen LogP contribution in [-0.4, -0.2) is 16.0 Å². The van der Waals surface area contributed by atoms with Crippen molar-refractivity contribution in [3.05, 3.63) is 16.5 Å². The van der Waals surface area contributed by atoms with Crippen molar-refractivity contribution >= 4 is 17.4 Å². The maximum atomic E-state index is 6.22. The molecule has 2 rings (SSSR count). The van der Waals surface area contributed by atoms with Crippen molar-refractivity contribution in [3.63, 3.8) is 0 Å². The van der Waals surface area contributed by atoms with Gasteiger partial charge in [-0.25, -0.2) is 9.97 Å². The van der Waals surface area contributed by atoms with E-state index in [0.717, 1.165) is 29.5 Å². The Bertz CT molecular complexity index is 443. The predicted octanol–water partition coefficient (Wildman–Crippen LogP) is 4.55. The second-order valence-electron chi connectivity index (χ2n) is 5.92. The molecule has 2 unspecified atom stereocenters. The van der Waals surface area contributed by atoms with E-state index in [2.05, 4.69) is 36.1 Å². The third-order valence-electron chi connectivity index (χ3n) is 3.88. The number of hydrogen-bond acceptors (Lipinski definition) is 3. The van der Waals surface area contributed by atoms with E-state index in [1.54, 1.807) is 0 Å². The number of rotatable bonds is 6. The second-order valence-corrected chi connectivity index (χ2v) is 6.27. The van der Waals surface area contributed by atoms with E-state index < -0.39 is 0 Å². The van der Waals surface area contributed by atoms with Crippen LogP contribution in [0.5, 0.6) is 0 Å². The summed E-state index contributed by atoms with van der Waals surface area (Å²) in [5.74, 6) is 3.08. The summed E-state index contributed by atoms with van der Waals surface area (Å²) in [6, 6.07) is 0.409. The van der Waals surface area contributed by atoms with E-state index in [9.17, 15) is 0 Å². The van der Waals surface area contributed by atoms with Crippen LogP contribution in [-0.2, 0) is 0 Å². The topological polar surface area (TPSA) is 37.8 Å². The van der Waals surface area contributed by atoms with Crippen LogP contribution in [0.3, 0.4) is 0 Å². The summed E-state index contributed by atoms with van der Waals surface area (Å²) in [6.45, 7) is 8.71. The van der Waals surface area contributed by atoms with Gasteiger partial charge in [0.2, 0.25) is 0 Å². The van der Waals surface area contributed by atoms with E-state index in [1.165, 1.54) is 19.3 Å². The van der Waals surface area contributed by atoms with Crippen LogP contribution in [0.2, 0.25) is 5.15 Å². The van der Waals surface area contributed by atoms with E-state index >= 15 is 0 Å². The Morgan fingerprint density at radius 3 is 2.58 bits per heavy atom. The van der Waals surface area contributed by atoms with Crippen LogP contribution in [0.4, 0.5) is 5.82 Å². The molecule has 0 bridgehead atoms. The molecule has 2 atom stereocenters. The molecule has 1 aliphatic rings. The molecule has 0 aromatic carbocycles. The minimum Gasteiger partial charge on any atom is -0.367 e. The van der Waals surface area contributed by atoms with Gasteiger partial charge >= 0.3 is 0 Å². The molecule has 1 saturated carbocycles. The van der Waals surface area contributed by atoms with Crippen LogP contribution in [0, 0.1) is 12.8 Å². The van der Waals surface area contributed by atoms with Gasteiger partial charge in [0.15, 0.2) is 0 Å². The number of hydrogen-bond donors (Lipinski definition) is 1. The third kappa shape index (κ3) is 3.82. The summed E-state index contributed by atoms with van der Waals surface area (Å²) in [5.41, 5.74) is 0.960. The van der Waals surface area contributed by atoms with E-state index in [1.807, 2.05) is 6.92 Å². The molecule has 1 N–H and O–H groups in total. The molecule has 3 nitrogen and oxygen atoms in total. The summed E-state index contributed by atoms with van der Waals surface area (Å²) in [7, 11) is 0. The van der Waals surface area contributed by atoms with Gasteiger partial charge in [0.05, 0.1) is 0 Å². The highest BCUT2D eigenvalue weighted by Crippen LogP contribution is 2.39. The van der Waals surface area contributed by atoms with Gasteiger partial charge in [0, 0.05) is 17.5 Å². The largest absolute Gasteiger partial charge is 0.367 e. The number of aromatic nitrogens is 2. The maximum absolute atomic E-state index is 6.22. The van der Waals surface area contributed by atoms with Crippen molar-refractivity contribution in [2.24, 2.45) is 5.92 Å². The second kappa shape index (κ2) is 6.08. The van der Waals surface area contributed by atoms with Gasteiger partial charge in [0.1, 0.15) is 16.8 Å². The first-order valence-corrected chi connectivity index (χ1v) is 7.69. The van der Waals surface area contributed by atoms with Crippen molar-refractivity contribution in [1.82, 2.24) is 9.97 Å². The summed E-state index contributed by atoms with van der Waals surface area (Å²) < 4.78 is 0. The normalized spacial score (nSPS) is 18.2. The lowest BCUT2D eigenvalue weighted by Gasteiger charge is -2.20. The van der Waals surface area contributed by atoms with E-state index in [-0.39, 0.29) is 0 Å². The molecule has 0 saturated heterocycles. The standard InChI is InChI=1S/C15H24ClN3/c1-5-9(2)8-10(3)17-14-11(4)13(16)18-15(19-14)12-6-7-12/h9-10,12H,5-8H2,1-4H3,(H,17,18,19). The predicted molar refractivity (Wildman–Crippen MR) is 80.9 cm³/mol. The zero-order valence-electron chi connectivity index (χ0n) is 12.3. The van der Waals surface area contributed by atoms with Crippen LogP contribution < -0.4 is 5.32 Å². The Hall–Kier alpha value is -0.830. The highest BCUT2D eigenvalue weighted by molar-refractivity contribution is 6.30. The highest BCUT2D eigenvalue weighted by atomic mass is 35.5. The minimum absolute atomic E-state index is 0.409. The molecule has 1 fully saturated rings. The molecular formula is C15H24ClN3. The number of nitrogens with one attached hydrogen (secondary N) is 1. The summed E-state index contributed by atoms with van der Waals surface area (Å²) in [6.07, 6.45) is 4.75. The molecule has 1 aromatic heterocycles. The smallest absolute Gasteiger partial charge is 0.137 e. The molecule has 1 heterocycles. The van der Waals surface area contributed by atoms with Crippen molar-refractivity contribution in [3.8, 4) is 0 Å². The lowest BCUT2D eigenvalue weighted by Crippen LogP contribution is -2.20. The Kier molecular flexibility index (Phi) is 4.67. The van der Waals surface area contributed by atoms with Gasteiger partial charge in [-0.2, -0.15) is 0 Å². The number of nitrogens with zero attached hydrogens (tertiary/aromatic N) is 2. The van der Waals surface area contributed by atoms with Crippen LogP contribution in [0.15, 0.2) is 0 Å². The first-order chi connectivity index (χ1) is 9.01. The molecule has 0 aliphatic heterocycles. The zero-order valence-corrected chi connectivity index (χ0v) is 13.1. The van der Waals surface area contributed by atoms with Crippen LogP contribution in [0.25, 0.3) is 0 Å². The number of anilines is 1. The Labute approximate surface area is 121 Å². The Morgan fingerprint density at radius 1 is 1.32 bits per heavy atom. The molecule has 0 amide bonds. The Balaban J connectivity index is 2.10. The van der Waals surface area contributed by atoms with Gasteiger partial charge < -0.3 is 5.32 Å².